The Kier molecular flexibility index (Phi) is 6.03. The molecule has 3 aromatic heterocycles. The van der Waals surface area contributed by atoms with E-state index >= 15 is 0 Å². The first-order valence-corrected chi connectivity index (χ1v) is 10.1. The van der Waals surface area contributed by atoms with Crippen LogP contribution in [0.25, 0.3) is 5.65 Å². The van der Waals surface area contributed by atoms with Gasteiger partial charge < -0.3 is 13.9 Å². The van der Waals surface area contributed by atoms with Crippen molar-refractivity contribution in [3.8, 4) is 5.75 Å². The molecule has 6 nitrogen and oxygen atoms in total. The molecule has 1 saturated heterocycles. The number of hydrogen-bond donors (Lipinski definition) is 0. The molecule has 0 aromatic carbocycles. The van der Waals surface area contributed by atoms with E-state index in [4.69, 9.17) is 14.5 Å². The zero-order valence-electron chi connectivity index (χ0n) is 16.7. The summed E-state index contributed by atoms with van der Waals surface area (Å²) in [6.45, 7) is 3.80. The van der Waals surface area contributed by atoms with E-state index in [1.807, 2.05) is 23.7 Å². The second-order valence-electron chi connectivity index (χ2n) is 7.28. The standard InChI is InChI=1S/C22H23F2N3O3/c1-2-30-20-11-14(10-19(28)16-4-3-5-17(25-16)21(23)24)12-27-13-18(26-22(20)27)15-6-8-29-9-7-15/h3-5,11-13,15,21H,2,6-10H2,1H3. The number of ketones is 1. The minimum Gasteiger partial charge on any atom is -0.490 e. The molecule has 0 atom stereocenters. The van der Waals surface area contributed by atoms with Crippen molar-refractivity contribution in [3.05, 3.63) is 59.3 Å². The molecule has 1 aliphatic rings. The molecular weight excluding hydrogens is 392 g/mol. The molecule has 1 fully saturated rings. The average Bonchev–Trinajstić information content (AvgIpc) is 3.19. The molecular formula is C22H23F2N3O3. The number of halogens is 2. The van der Waals surface area contributed by atoms with Crippen molar-refractivity contribution in [1.29, 1.82) is 0 Å². The van der Waals surface area contributed by atoms with E-state index in [1.165, 1.54) is 18.2 Å². The predicted molar refractivity (Wildman–Crippen MR) is 106 cm³/mol. The smallest absolute Gasteiger partial charge is 0.280 e. The van der Waals surface area contributed by atoms with Crippen LogP contribution in [-0.4, -0.2) is 40.0 Å². The summed E-state index contributed by atoms with van der Waals surface area (Å²) in [5, 5.41) is 0. The molecule has 0 aliphatic carbocycles. The molecule has 0 saturated carbocycles. The molecule has 158 valence electrons. The molecule has 1 aliphatic heterocycles. The monoisotopic (exact) mass is 415 g/mol. The average molecular weight is 415 g/mol. The maximum absolute atomic E-state index is 12.9. The second kappa shape index (κ2) is 8.87. The Balaban J connectivity index is 1.63. The first kappa shape index (κ1) is 20.4. The summed E-state index contributed by atoms with van der Waals surface area (Å²) in [4.78, 5) is 21.2. The number of rotatable bonds is 7. The molecule has 4 heterocycles. The number of imidazole rings is 1. The highest BCUT2D eigenvalue weighted by atomic mass is 19.3. The van der Waals surface area contributed by atoms with Crippen LogP contribution in [0.1, 0.15) is 59.5 Å². The van der Waals surface area contributed by atoms with Gasteiger partial charge in [-0.2, -0.15) is 0 Å². The van der Waals surface area contributed by atoms with Gasteiger partial charge in [0.05, 0.1) is 12.3 Å². The van der Waals surface area contributed by atoms with Crippen molar-refractivity contribution in [2.45, 2.75) is 38.5 Å². The van der Waals surface area contributed by atoms with E-state index in [9.17, 15) is 13.6 Å². The largest absolute Gasteiger partial charge is 0.490 e. The Morgan fingerprint density at radius 1 is 1.27 bits per heavy atom. The summed E-state index contributed by atoms with van der Waals surface area (Å²) in [5.74, 6) is 0.596. The van der Waals surface area contributed by atoms with Gasteiger partial charge in [0.1, 0.15) is 11.4 Å². The second-order valence-corrected chi connectivity index (χ2v) is 7.28. The Hall–Kier alpha value is -2.87. The van der Waals surface area contributed by atoms with Crippen LogP contribution in [0.3, 0.4) is 0 Å². The Morgan fingerprint density at radius 3 is 2.80 bits per heavy atom. The molecule has 0 amide bonds. The molecule has 0 radical (unpaired) electrons. The van der Waals surface area contributed by atoms with E-state index < -0.39 is 12.1 Å². The maximum atomic E-state index is 12.9. The van der Waals surface area contributed by atoms with Gasteiger partial charge in [-0.1, -0.05) is 6.07 Å². The number of carbonyl (C=O) groups excluding carboxylic acids is 1. The van der Waals surface area contributed by atoms with Crippen LogP contribution in [-0.2, 0) is 11.2 Å². The quantitative estimate of drug-likeness (QED) is 0.536. The third-order valence-corrected chi connectivity index (χ3v) is 5.18. The van der Waals surface area contributed by atoms with Crippen LogP contribution in [0.5, 0.6) is 5.75 Å². The maximum Gasteiger partial charge on any atom is 0.280 e. The van der Waals surface area contributed by atoms with E-state index in [0.717, 1.165) is 31.7 Å². The van der Waals surface area contributed by atoms with Gasteiger partial charge in [-0.05, 0) is 43.5 Å². The fraction of sp³-hybridized carbons (Fsp3) is 0.409. The van der Waals surface area contributed by atoms with Gasteiger partial charge in [0.25, 0.3) is 6.43 Å². The molecule has 0 spiro atoms. The normalized spacial score (nSPS) is 15.1. The number of nitrogens with zero attached hydrogens (tertiary/aromatic N) is 3. The number of alkyl halides is 2. The number of carbonyl (C=O) groups is 1. The summed E-state index contributed by atoms with van der Waals surface area (Å²) < 4.78 is 38.9. The van der Waals surface area contributed by atoms with Crippen LogP contribution >= 0.6 is 0 Å². The van der Waals surface area contributed by atoms with Crippen LogP contribution in [0.2, 0.25) is 0 Å². The van der Waals surface area contributed by atoms with Crippen molar-refractivity contribution in [1.82, 2.24) is 14.4 Å². The lowest BCUT2D eigenvalue weighted by Gasteiger charge is -2.19. The number of pyridine rings is 2. The Bertz CT molecular complexity index is 1050. The van der Waals surface area contributed by atoms with Crippen molar-refractivity contribution < 1.29 is 23.0 Å². The number of hydrogen-bond acceptors (Lipinski definition) is 5. The van der Waals surface area contributed by atoms with Gasteiger partial charge in [0.15, 0.2) is 17.2 Å². The number of aromatic nitrogens is 3. The highest BCUT2D eigenvalue weighted by Crippen LogP contribution is 2.30. The Labute approximate surface area is 172 Å². The lowest BCUT2D eigenvalue weighted by molar-refractivity contribution is 0.0846. The zero-order valence-corrected chi connectivity index (χ0v) is 16.7. The zero-order chi connectivity index (χ0) is 21.1. The summed E-state index contributed by atoms with van der Waals surface area (Å²) in [5.41, 5.74) is 2.01. The highest BCUT2D eigenvalue weighted by molar-refractivity contribution is 5.95. The summed E-state index contributed by atoms with van der Waals surface area (Å²) >= 11 is 0. The van der Waals surface area contributed by atoms with E-state index in [1.54, 1.807) is 6.07 Å². The third-order valence-electron chi connectivity index (χ3n) is 5.18. The van der Waals surface area contributed by atoms with Gasteiger partial charge in [-0.25, -0.2) is 18.7 Å². The van der Waals surface area contributed by atoms with Crippen molar-refractivity contribution in [3.63, 3.8) is 0 Å². The van der Waals surface area contributed by atoms with Crippen LogP contribution < -0.4 is 4.74 Å². The van der Waals surface area contributed by atoms with Gasteiger partial charge in [-0.15, -0.1) is 0 Å². The molecule has 0 bridgehead atoms. The number of ether oxygens (including phenoxy) is 2. The molecule has 3 aromatic rings. The van der Waals surface area contributed by atoms with Gasteiger partial charge in [0, 0.05) is 37.9 Å². The fourth-order valence-electron chi connectivity index (χ4n) is 3.69. The minimum absolute atomic E-state index is 0.0272. The van der Waals surface area contributed by atoms with E-state index in [-0.39, 0.29) is 17.9 Å². The van der Waals surface area contributed by atoms with Gasteiger partial charge in [-0.3, -0.25) is 4.79 Å². The SMILES string of the molecule is CCOc1cc(CC(=O)c2cccc(C(F)F)n2)cn2cc(C3CCOCC3)nc12. The molecule has 0 unspecified atom stereocenters. The summed E-state index contributed by atoms with van der Waals surface area (Å²) in [6.07, 6.45) is 2.96. The predicted octanol–water partition coefficient (Wildman–Crippen LogP) is 4.39. The van der Waals surface area contributed by atoms with Gasteiger partial charge >= 0.3 is 0 Å². The first-order valence-electron chi connectivity index (χ1n) is 10.1. The van der Waals surface area contributed by atoms with E-state index in [0.29, 0.717) is 29.5 Å². The Morgan fingerprint density at radius 2 is 2.07 bits per heavy atom. The van der Waals surface area contributed by atoms with Crippen LogP contribution in [0.4, 0.5) is 8.78 Å². The van der Waals surface area contributed by atoms with Crippen molar-refractivity contribution in [2.24, 2.45) is 0 Å². The number of fused-ring (bicyclic) bond motifs is 1. The van der Waals surface area contributed by atoms with Gasteiger partial charge in [0.2, 0.25) is 0 Å². The molecule has 4 rings (SSSR count). The highest BCUT2D eigenvalue weighted by Gasteiger charge is 2.21. The summed E-state index contributed by atoms with van der Waals surface area (Å²) in [6, 6.07) is 5.88. The lowest BCUT2D eigenvalue weighted by atomic mass is 9.97. The number of Topliss-reactive ketones (excluding diaryl/α,β-unsaturated/α-hetero) is 1. The lowest BCUT2D eigenvalue weighted by Crippen LogP contribution is -2.14. The van der Waals surface area contributed by atoms with Crippen molar-refractivity contribution in [2.75, 3.05) is 19.8 Å². The van der Waals surface area contributed by atoms with Crippen LogP contribution in [0.15, 0.2) is 36.7 Å². The third kappa shape index (κ3) is 4.33. The van der Waals surface area contributed by atoms with Crippen LogP contribution in [0, 0.1) is 0 Å². The summed E-state index contributed by atoms with van der Waals surface area (Å²) in [7, 11) is 0. The topological polar surface area (TPSA) is 65.7 Å². The fourth-order valence-corrected chi connectivity index (χ4v) is 3.69. The first-order chi connectivity index (χ1) is 14.5. The van der Waals surface area contributed by atoms with Crippen molar-refractivity contribution >= 4 is 11.4 Å². The molecule has 8 heteroatoms. The minimum atomic E-state index is -2.71. The van der Waals surface area contributed by atoms with E-state index in [2.05, 4.69) is 4.98 Å². The molecule has 0 N–H and O–H groups in total. The molecule has 30 heavy (non-hydrogen) atoms.